The molecule has 0 saturated heterocycles. The average Bonchev–Trinajstić information content (AvgIpc) is 2.98. The van der Waals surface area contributed by atoms with Crippen LogP contribution in [0.15, 0.2) is 77.9 Å². The fraction of sp³-hybridized carbons (Fsp3) is 0.143. The molecule has 1 aliphatic heterocycles. The zero-order valence-corrected chi connectivity index (χ0v) is 14.6. The highest BCUT2D eigenvalue weighted by atomic mass is 16.1. The van der Waals surface area contributed by atoms with Gasteiger partial charge in [-0.05, 0) is 36.8 Å². The number of pyridine rings is 1. The van der Waals surface area contributed by atoms with Crippen LogP contribution in [0.5, 0.6) is 0 Å². The molecule has 130 valence electrons. The van der Waals surface area contributed by atoms with Gasteiger partial charge >= 0.3 is 0 Å². The standard InChI is InChI=1S/C21H20N4O/c1-16-19(14-17-8-7-12-22-15-17)21(26)25(23-16)20-11-5-6-13-24(20)18-9-3-2-4-10-18/h2-12,15,23H,13-14H2,1H3. The van der Waals surface area contributed by atoms with Crippen LogP contribution >= 0.6 is 0 Å². The van der Waals surface area contributed by atoms with Gasteiger partial charge in [-0.1, -0.05) is 36.4 Å². The number of allylic oxidation sites excluding steroid dienone is 2. The Bertz CT molecular complexity index is 1010. The van der Waals surface area contributed by atoms with Crippen molar-refractivity contribution in [2.75, 3.05) is 11.4 Å². The van der Waals surface area contributed by atoms with Crippen LogP contribution in [0.2, 0.25) is 0 Å². The Morgan fingerprint density at radius 3 is 2.77 bits per heavy atom. The third kappa shape index (κ3) is 2.99. The number of aromatic nitrogens is 3. The molecule has 0 fully saturated rings. The van der Waals surface area contributed by atoms with E-state index in [2.05, 4.69) is 21.1 Å². The van der Waals surface area contributed by atoms with Crippen LogP contribution in [0.3, 0.4) is 0 Å². The van der Waals surface area contributed by atoms with Gasteiger partial charge in [0, 0.05) is 42.3 Å². The van der Waals surface area contributed by atoms with E-state index in [1.54, 1.807) is 17.1 Å². The first-order valence-corrected chi connectivity index (χ1v) is 8.63. The highest BCUT2D eigenvalue weighted by Gasteiger charge is 2.20. The Balaban J connectivity index is 1.73. The van der Waals surface area contributed by atoms with Crippen LogP contribution in [-0.2, 0) is 6.42 Å². The first kappa shape index (κ1) is 16.1. The molecule has 0 bridgehead atoms. The fourth-order valence-corrected chi connectivity index (χ4v) is 3.20. The van der Waals surface area contributed by atoms with Gasteiger partial charge < -0.3 is 4.90 Å². The third-order valence-electron chi connectivity index (χ3n) is 4.54. The SMILES string of the molecule is Cc1[nH]n(C2=CC=CCN2c2ccccc2)c(=O)c1Cc1cccnc1. The molecular formula is C21H20N4O. The van der Waals surface area contributed by atoms with Crippen molar-refractivity contribution in [3.8, 4) is 0 Å². The maximum absolute atomic E-state index is 13.1. The zero-order valence-electron chi connectivity index (χ0n) is 14.6. The van der Waals surface area contributed by atoms with Crippen molar-refractivity contribution in [3.05, 3.63) is 100 Å². The van der Waals surface area contributed by atoms with Gasteiger partial charge in [0.05, 0.1) is 0 Å². The molecule has 0 radical (unpaired) electrons. The monoisotopic (exact) mass is 344 g/mol. The van der Waals surface area contributed by atoms with E-state index in [0.29, 0.717) is 6.42 Å². The summed E-state index contributed by atoms with van der Waals surface area (Å²) >= 11 is 0. The Labute approximate surface area is 151 Å². The summed E-state index contributed by atoms with van der Waals surface area (Å²) in [6.07, 6.45) is 10.1. The van der Waals surface area contributed by atoms with Gasteiger partial charge in [0.25, 0.3) is 5.56 Å². The molecule has 1 N–H and O–H groups in total. The van der Waals surface area contributed by atoms with Crippen LogP contribution in [0, 0.1) is 6.92 Å². The minimum absolute atomic E-state index is 0.0196. The van der Waals surface area contributed by atoms with E-state index in [1.807, 2.05) is 61.5 Å². The second-order valence-corrected chi connectivity index (χ2v) is 6.29. The lowest BCUT2D eigenvalue weighted by atomic mass is 10.1. The fourth-order valence-electron chi connectivity index (χ4n) is 3.20. The number of aromatic amines is 1. The minimum atomic E-state index is -0.0196. The molecule has 0 saturated carbocycles. The van der Waals surface area contributed by atoms with Crippen LogP contribution in [0.1, 0.15) is 16.8 Å². The van der Waals surface area contributed by atoms with Gasteiger partial charge in [-0.2, -0.15) is 0 Å². The molecule has 1 aromatic carbocycles. The Morgan fingerprint density at radius 2 is 2.00 bits per heavy atom. The molecule has 0 amide bonds. The van der Waals surface area contributed by atoms with Crippen molar-refractivity contribution in [2.24, 2.45) is 0 Å². The molecule has 5 heteroatoms. The molecule has 3 heterocycles. The van der Waals surface area contributed by atoms with E-state index < -0.39 is 0 Å². The van der Waals surface area contributed by atoms with E-state index in [9.17, 15) is 4.79 Å². The lowest BCUT2D eigenvalue weighted by Crippen LogP contribution is -2.32. The summed E-state index contributed by atoms with van der Waals surface area (Å²) in [6.45, 7) is 2.66. The second-order valence-electron chi connectivity index (χ2n) is 6.29. The number of nitrogens with one attached hydrogen (secondary N) is 1. The van der Waals surface area contributed by atoms with Gasteiger partial charge in [0.2, 0.25) is 0 Å². The molecule has 0 aliphatic carbocycles. The number of aryl methyl sites for hydroxylation is 1. The number of benzene rings is 1. The zero-order chi connectivity index (χ0) is 17.9. The normalized spacial score (nSPS) is 13.7. The first-order chi connectivity index (χ1) is 12.7. The molecular weight excluding hydrogens is 324 g/mol. The lowest BCUT2D eigenvalue weighted by Gasteiger charge is -2.28. The van der Waals surface area contributed by atoms with Crippen molar-refractivity contribution in [2.45, 2.75) is 13.3 Å². The molecule has 5 nitrogen and oxygen atoms in total. The van der Waals surface area contributed by atoms with Gasteiger partial charge in [-0.3, -0.25) is 14.9 Å². The Hall–Kier alpha value is -3.34. The summed E-state index contributed by atoms with van der Waals surface area (Å²) in [5.41, 5.74) is 3.70. The molecule has 3 aromatic rings. The lowest BCUT2D eigenvalue weighted by molar-refractivity contribution is 0.811. The molecule has 26 heavy (non-hydrogen) atoms. The number of hydrogen-bond donors (Lipinski definition) is 1. The van der Waals surface area contributed by atoms with Crippen molar-refractivity contribution in [3.63, 3.8) is 0 Å². The van der Waals surface area contributed by atoms with Crippen LogP contribution in [-0.4, -0.2) is 21.3 Å². The van der Waals surface area contributed by atoms with Crippen molar-refractivity contribution in [1.82, 2.24) is 14.8 Å². The number of rotatable bonds is 4. The number of nitrogens with zero attached hydrogens (tertiary/aromatic N) is 3. The quantitative estimate of drug-likeness (QED) is 0.790. The van der Waals surface area contributed by atoms with E-state index in [0.717, 1.165) is 34.9 Å². The highest BCUT2D eigenvalue weighted by Crippen LogP contribution is 2.23. The average molecular weight is 344 g/mol. The summed E-state index contributed by atoms with van der Waals surface area (Å²) in [6, 6.07) is 14.0. The van der Waals surface area contributed by atoms with E-state index in [1.165, 1.54) is 0 Å². The predicted octanol–water partition coefficient (Wildman–Crippen LogP) is 3.35. The number of anilines is 1. The largest absolute Gasteiger partial charge is 0.322 e. The van der Waals surface area contributed by atoms with Crippen LogP contribution in [0.25, 0.3) is 5.82 Å². The van der Waals surface area contributed by atoms with Crippen molar-refractivity contribution in [1.29, 1.82) is 0 Å². The summed E-state index contributed by atoms with van der Waals surface area (Å²) < 4.78 is 1.64. The van der Waals surface area contributed by atoms with Gasteiger partial charge in [0.15, 0.2) is 0 Å². The summed E-state index contributed by atoms with van der Waals surface area (Å²) in [5, 5.41) is 3.24. The predicted molar refractivity (Wildman–Crippen MR) is 104 cm³/mol. The maximum atomic E-state index is 13.1. The summed E-state index contributed by atoms with van der Waals surface area (Å²) in [7, 11) is 0. The van der Waals surface area contributed by atoms with Crippen molar-refractivity contribution < 1.29 is 0 Å². The highest BCUT2D eigenvalue weighted by molar-refractivity contribution is 5.71. The van der Waals surface area contributed by atoms with Gasteiger partial charge in [-0.15, -0.1) is 0 Å². The maximum Gasteiger partial charge on any atom is 0.276 e. The van der Waals surface area contributed by atoms with E-state index >= 15 is 0 Å². The number of H-pyrrole nitrogens is 1. The van der Waals surface area contributed by atoms with Crippen LogP contribution < -0.4 is 10.5 Å². The molecule has 0 unspecified atom stereocenters. The molecule has 1 aliphatic rings. The molecule has 4 rings (SSSR count). The van der Waals surface area contributed by atoms with Gasteiger partial charge in [0.1, 0.15) is 5.82 Å². The first-order valence-electron chi connectivity index (χ1n) is 8.63. The summed E-state index contributed by atoms with van der Waals surface area (Å²) in [5.74, 6) is 0.823. The van der Waals surface area contributed by atoms with E-state index in [-0.39, 0.29) is 5.56 Å². The smallest absolute Gasteiger partial charge is 0.276 e. The molecule has 2 aromatic heterocycles. The topological polar surface area (TPSA) is 53.9 Å². The molecule has 0 spiro atoms. The second kappa shape index (κ2) is 6.88. The Kier molecular flexibility index (Phi) is 4.27. The summed E-state index contributed by atoms with van der Waals surface area (Å²) in [4.78, 5) is 19.3. The number of hydrogen-bond acceptors (Lipinski definition) is 3. The number of para-hydroxylation sites is 1. The minimum Gasteiger partial charge on any atom is -0.322 e. The Morgan fingerprint density at radius 1 is 1.15 bits per heavy atom. The van der Waals surface area contributed by atoms with Crippen molar-refractivity contribution >= 4 is 11.5 Å². The van der Waals surface area contributed by atoms with Gasteiger partial charge in [-0.25, -0.2) is 4.68 Å². The van der Waals surface area contributed by atoms with E-state index in [4.69, 9.17) is 0 Å². The molecule has 0 atom stereocenters. The third-order valence-corrected chi connectivity index (χ3v) is 4.54. The van der Waals surface area contributed by atoms with Crippen LogP contribution in [0.4, 0.5) is 5.69 Å².